The van der Waals surface area contributed by atoms with Gasteiger partial charge in [-0.25, -0.2) is 0 Å². The van der Waals surface area contributed by atoms with Crippen LogP contribution in [0.1, 0.15) is 13.8 Å². The van der Waals surface area contributed by atoms with Crippen molar-refractivity contribution >= 4 is 11.8 Å². The van der Waals surface area contributed by atoms with Gasteiger partial charge in [-0.2, -0.15) is 0 Å². The fraction of sp³-hybridized carbons (Fsp3) is 0.273. The van der Waals surface area contributed by atoms with Crippen LogP contribution in [0.25, 0.3) is 0 Å². The van der Waals surface area contributed by atoms with Crippen molar-refractivity contribution in [3.8, 4) is 0 Å². The number of thioether (sulfide) groups is 1. The van der Waals surface area contributed by atoms with E-state index in [4.69, 9.17) is 0 Å². The summed E-state index contributed by atoms with van der Waals surface area (Å²) < 4.78 is 0. The van der Waals surface area contributed by atoms with E-state index in [0.29, 0.717) is 5.25 Å². The molecular formula is C11H14S. The van der Waals surface area contributed by atoms with Gasteiger partial charge in [0.2, 0.25) is 0 Å². The highest BCUT2D eigenvalue weighted by Gasteiger charge is 1.97. The van der Waals surface area contributed by atoms with Gasteiger partial charge in [0.15, 0.2) is 0 Å². The molecule has 0 nitrogen and oxygen atoms in total. The summed E-state index contributed by atoms with van der Waals surface area (Å²) in [4.78, 5) is 1.34. The molecule has 0 aliphatic rings. The van der Waals surface area contributed by atoms with E-state index >= 15 is 0 Å². The molecule has 0 saturated heterocycles. The van der Waals surface area contributed by atoms with Gasteiger partial charge >= 0.3 is 0 Å². The number of benzene rings is 1. The highest BCUT2D eigenvalue weighted by molar-refractivity contribution is 8.00. The van der Waals surface area contributed by atoms with Crippen LogP contribution in [0, 0.1) is 0 Å². The Morgan fingerprint density at radius 1 is 1.25 bits per heavy atom. The van der Waals surface area contributed by atoms with Crippen LogP contribution in [0.5, 0.6) is 0 Å². The quantitative estimate of drug-likeness (QED) is 0.502. The van der Waals surface area contributed by atoms with Crippen molar-refractivity contribution in [1.29, 1.82) is 0 Å². The first-order chi connectivity index (χ1) is 5.83. The third kappa shape index (κ3) is 3.14. The number of hydrogen-bond acceptors (Lipinski definition) is 1. The first-order valence-electron chi connectivity index (χ1n) is 4.17. The van der Waals surface area contributed by atoms with Gasteiger partial charge in [-0.05, 0) is 26.0 Å². The third-order valence-electron chi connectivity index (χ3n) is 1.53. The van der Waals surface area contributed by atoms with E-state index in [1.54, 1.807) is 0 Å². The Kier molecular flexibility index (Phi) is 3.95. The summed E-state index contributed by atoms with van der Waals surface area (Å²) in [5.41, 5.74) is 0. The zero-order valence-electron chi connectivity index (χ0n) is 7.53. The second kappa shape index (κ2) is 5.04. The van der Waals surface area contributed by atoms with Crippen molar-refractivity contribution in [1.82, 2.24) is 0 Å². The van der Waals surface area contributed by atoms with Gasteiger partial charge in [-0.15, -0.1) is 11.8 Å². The summed E-state index contributed by atoms with van der Waals surface area (Å²) in [6.45, 7) is 4.26. The predicted octanol–water partition coefficient (Wildman–Crippen LogP) is 3.74. The first kappa shape index (κ1) is 9.40. The molecule has 1 heteroatoms. The normalized spacial score (nSPS) is 13.5. The molecule has 64 valence electrons. The van der Waals surface area contributed by atoms with Gasteiger partial charge in [0.1, 0.15) is 0 Å². The molecule has 0 fully saturated rings. The maximum absolute atomic E-state index is 2.21. The summed E-state index contributed by atoms with van der Waals surface area (Å²) >= 11 is 1.88. The van der Waals surface area contributed by atoms with Crippen LogP contribution in [-0.4, -0.2) is 5.25 Å². The summed E-state index contributed by atoms with van der Waals surface area (Å²) in [6.07, 6.45) is 4.30. The molecule has 0 unspecified atom stereocenters. The summed E-state index contributed by atoms with van der Waals surface area (Å²) in [6, 6.07) is 10.5. The van der Waals surface area contributed by atoms with Crippen LogP contribution in [-0.2, 0) is 0 Å². The molecule has 1 aromatic carbocycles. The zero-order valence-corrected chi connectivity index (χ0v) is 8.34. The topological polar surface area (TPSA) is 0 Å². The van der Waals surface area contributed by atoms with E-state index in [2.05, 4.69) is 50.3 Å². The standard InChI is InChI=1S/C11H14S/c1-3-7-10(2)12-11-8-5-4-6-9-11/h3-10H,1-2H3/b7-3+/t10-/m1/s1. The molecule has 12 heavy (non-hydrogen) atoms. The van der Waals surface area contributed by atoms with Crippen molar-refractivity contribution in [3.05, 3.63) is 42.5 Å². The largest absolute Gasteiger partial charge is 0.119 e. The molecule has 1 rings (SSSR count). The van der Waals surface area contributed by atoms with Crippen molar-refractivity contribution in [2.45, 2.75) is 24.0 Å². The fourth-order valence-electron chi connectivity index (χ4n) is 1.02. The van der Waals surface area contributed by atoms with Crippen LogP contribution in [0.4, 0.5) is 0 Å². The third-order valence-corrected chi connectivity index (χ3v) is 2.60. The molecule has 0 aromatic heterocycles. The lowest BCUT2D eigenvalue weighted by molar-refractivity contribution is 1.23. The predicted molar refractivity (Wildman–Crippen MR) is 56.6 cm³/mol. The molecule has 0 aliphatic heterocycles. The minimum Gasteiger partial charge on any atom is -0.119 e. The molecule has 1 aromatic rings. The highest BCUT2D eigenvalue weighted by atomic mass is 32.2. The lowest BCUT2D eigenvalue weighted by atomic mass is 10.4. The Hall–Kier alpha value is -0.690. The van der Waals surface area contributed by atoms with Crippen molar-refractivity contribution in [2.24, 2.45) is 0 Å². The van der Waals surface area contributed by atoms with Gasteiger partial charge in [0.05, 0.1) is 0 Å². The molecule has 0 heterocycles. The lowest BCUT2D eigenvalue weighted by Crippen LogP contribution is -1.88. The average Bonchev–Trinajstić information content (AvgIpc) is 2.06. The molecule has 0 bridgehead atoms. The van der Waals surface area contributed by atoms with Gasteiger partial charge in [0.25, 0.3) is 0 Å². The molecule has 0 radical (unpaired) electrons. The van der Waals surface area contributed by atoms with E-state index in [9.17, 15) is 0 Å². The van der Waals surface area contributed by atoms with Crippen molar-refractivity contribution < 1.29 is 0 Å². The van der Waals surface area contributed by atoms with E-state index in [1.807, 2.05) is 17.8 Å². The van der Waals surface area contributed by atoms with E-state index in [0.717, 1.165) is 0 Å². The first-order valence-corrected chi connectivity index (χ1v) is 5.05. The van der Waals surface area contributed by atoms with E-state index in [1.165, 1.54) is 4.90 Å². The number of rotatable bonds is 3. The van der Waals surface area contributed by atoms with E-state index in [-0.39, 0.29) is 0 Å². The van der Waals surface area contributed by atoms with E-state index < -0.39 is 0 Å². The van der Waals surface area contributed by atoms with Crippen LogP contribution < -0.4 is 0 Å². The minimum absolute atomic E-state index is 0.567. The molecule has 0 aliphatic carbocycles. The Morgan fingerprint density at radius 2 is 1.92 bits per heavy atom. The Balaban J connectivity index is 2.52. The average molecular weight is 178 g/mol. The Bertz CT molecular complexity index is 238. The molecule has 0 N–H and O–H groups in total. The van der Waals surface area contributed by atoms with Gasteiger partial charge < -0.3 is 0 Å². The zero-order chi connectivity index (χ0) is 8.81. The van der Waals surface area contributed by atoms with Gasteiger partial charge in [-0.3, -0.25) is 0 Å². The summed E-state index contributed by atoms with van der Waals surface area (Å²) in [5.74, 6) is 0. The van der Waals surface area contributed by atoms with Gasteiger partial charge in [0, 0.05) is 10.1 Å². The Labute approximate surface area is 78.7 Å². The summed E-state index contributed by atoms with van der Waals surface area (Å²) in [5, 5.41) is 0.567. The van der Waals surface area contributed by atoms with Crippen molar-refractivity contribution in [2.75, 3.05) is 0 Å². The monoisotopic (exact) mass is 178 g/mol. The molecule has 1 atom stereocenters. The van der Waals surface area contributed by atoms with Gasteiger partial charge in [-0.1, -0.05) is 30.4 Å². The van der Waals surface area contributed by atoms with Crippen LogP contribution in [0.2, 0.25) is 0 Å². The van der Waals surface area contributed by atoms with Crippen LogP contribution in [0.15, 0.2) is 47.4 Å². The van der Waals surface area contributed by atoms with Crippen LogP contribution in [0.3, 0.4) is 0 Å². The fourth-order valence-corrected chi connectivity index (χ4v) is 2.00. The maximum atomic E-state index is 2.21. The van der Waals surface area contributed by atoms with Crippen LogP contribution >= 0.6 is 11.8 Å². The molecule has 0 spiro atoms. The van der Waals surface area contributed by atoms with Crippen molar-refractivity contribution in [3.63, 3.8) is 0 Å². The molecule has 0 saturated carbocycles. The second-order valence-electron chi connectivity index (χ2n) is 2.66. The maximum Gasteiger partial charge on any atom is 0.0246 e. The lowest BCUT2D eigenvalue weighted by Gasteiger charge is -2.04. The number of allylic oxidation sites excluding steroid dienone is 1. The number of hydrogen-bond donors (Lipinski definition) is 0. The molecule has 0 amide bonds. The minimum atomic E-state index is 0.567. The Morgan fingerprint density at radius 3 is 2.50 bits per heavy atom. The summed E-state index contributed by atoms with van der Waals surface area (Å²) in [7, 11) is 0. The SMILES string of the molecule is C/C=C/[C@@H](C)Sc1ccccc1. The highest BCUT2D eigenvalue weighted by Crippen LogP contribution is 2.22. The second-order valence-corrected chi connectivity index (χ2v) is 4.11. The smallest absolute Gasteiger partial charge is 0.0246 e. The molecular weight excluding hydrogens is 164 g/mol.